The lowest BCUT2D eigenvalue weighted by atomic mass is 10.0. The van der Waals surface area contributed by atoms with E-state index in [4.69, 9.17) is 4.74 Å². The molecule has 1 heterocycles. The first-order chi connectivity index (χ1) is 10.2. The van der Waals surface area contributed by atoms with Gasteiger partial charge in [0.2, 0.25) is 0 Å². The SMILES string of the molecule is CNC(c1cc2ccc(F)cc2s1)c1ccccc1OC. The van der Waals surface area contributed by atoms with Crippen LogP contribution in [0, 0.1) is 5.82 Å². The van der Waals surface area contributed by atoms with E-state index in [-0.39, 0.29) is 11.9 Å². The van der Waals surface area contributed by atoms with Gasteiger partial charge in [0.15, 0.2) is 0 Å². The molecule has 0 aliphatic heterocycles. The number of fused-ring (bicyclic) bond motifs is 1. The molecule has 2 nitrogen and oxygen atoms in total. The van der Waals surface area contributed by atoms with Gasteiger partial charge in [0.05, 0.1) is 13.2 Å². The highest BCUT2D eigenvalue weighted by molar-refractivity contribution is 7.19. The van der Waals surface area contributed by atoms with Gasteiger partial charge < -0.3 is 10.1 Å². The second-order valence-electron chi connectivity index (χ2n) is 4.79. The van der Waals surface area contributed by atoms with Crippen molar-refractivity contribution < 1.29 is 9.13 Å². The quantitative estimate of drug-likeness (QED) is 0.773. The molecule has 4 heteroatoms. The maximum Gasteiger partial charge on any atom is 0.124 e. The van der Waals surface area contributed by atoms with E-state index < -0.39 is 0 Å². The van der Waals surface area contributed by atoms with Crippen molar-refractivity contribution in [3.63, 3.8) is 0 Å². The Kier molecular flexibility index (Phi) is 3.90. The van der Waals surface area contributed by atoms with Crippen LogP contribution in [-0.2, 0) is 0 Å². The van der Waals surface area contributed by atoms with Crippen molar-refractivity contribution >= 4 is 21.4 Å². The third-order valence-corrected chi connectivity index (χ3v) is 4.69. The number of nitrogens with one attached hydrogen (secondary N) is 1. The zero-order chi connectivity index (χ0) is 14.8. The van der Waals surface area contributed by atoms with Gasteiger partial charge in [0.25, 0.3) is 0 Å². The molecule has 0 amide bonds. The molecule has 0 fully saturated rings. The van der Waals surface area contributed by atoms with Crippen LogP contribution < -0.4 is 10.1 Å². The molecule has 0 aliphatic carbocycles. The smallest absolute Gasteiger partial charge is 0.124 e. The third-order valence-electron chi connectivity index (χ3n) is 3.52. The Morgan fingerprint density at radius 1 is 1.14 bits per heavy atom. The minimum Gasteiger partial charge on any atom is -0.496 e. The molecule has 108 valence electrons. The molecule has 3 rings (SSSR count). The molecule has 2 aromatic carbocycles. The molecule has 3 aromatic rings. The van der Waals surface area contributed by atoms with Crippen molar-refractivity contribution in [3.8, 4) is 5.75 Å². The number of benzene rings is 2. The number of ether oxygens (including phenoxy) is 1. The molecule has 0 aliphatic rings. The van der Waals surface area contributed by atoms with Crippen molar-refractivity contribution in [1.82, 2.24) is 5.32 Å². The third kappa shape index (κ3) is 2.64. The minimum atomic E-state index is -0.200. The molecular weight excluding hydrogens is 285 g/mol. The first-order valence-corrected chi connectivity index (χ1v) is 7.53. The summed E-state index contributed by atoms with van der Waals surface area (Å²) in [7, 11) is 3.59. The average Bonchev–Trinajstić information content (AvgIpc) is 2.91. The number of halogens is 1. The number of methoxy groups -OCH3 is 1. The van der Waals surface area contributed by atoms with Crippen LogP contribution >= 0.6 is 11.3 Å². The predicted molar refractivity (Wildman–Crippen MR) is 85.7 cm³/mol. The van der Waals surface area contributed by atoms with Crippen molar-refractivity contribution in [1.29, 1.82) is 0 Å². The zero-order valence-corrected chi connectivity index (χ0v) is 12.7. The van der Waals surface area contributed by atoms with Crippen molar-refractivity contribution in [2.75, 3.05) is 14.2 Å². The van der Waals surface area contributed by atoms with Gasteiger partial charge in [-0.1, -0.05) is 24.3 Å². The fourth-order valence-corrected chi connectivity index (χ4v) is 3.74. The highest BCUT2D eigenvalue weighted by atomic mass is 32.1. The summed E-state index contributed by atoms with van der Waals surface area (Å²) in [6.07, 6.45) is 0. The molecule has 0 saturated heterocycles. The van der Waals surface area contributed by atoms with Gasteiger partial charge in [0, 0.05) is 15.1 Å². The molecule has 21 heavy (non-hydrogen) atoms. The van der Waals surface area contributed by atoms with Crippen LogP contribution in [0.3, 0.4) is 0 Å². The number of para-hydroxylation sites is 1. The van der Waals surface area contributed by atoms with E-state index in [1.165, 1.54) is 6.07 Å². The van der Waals surface area contributed by atoms with Crippen molar-refractivity contribution in [2.24, 2.45) is 0 Å². The Hall–Kier alpha value is -1.91. The topological polar surface area (TPSA) is 21.3 Å². The summed E-state index contributed by atoms with van der Waals surface area (Å²) in [6.45, 7) is 0. The predicted octanol–water partition coefficient (Wildman–Crippen LogP) is 4.36. The van der Waals surface area contributed by atoms with Gasteiger partial charge in [-0.2, -0.15) is 0 Å². The highest BCUT2D eigenvalue weighted by Crippen LogP contribution is 2.36. The molecule has 0 spiro atoms. The monoisotopic (exact) mass is 301 g/mol. The molecule has 0 bridgehead atoms. The van der Waals surface area contributed by atoms with Crippen LogP contribution in [0.1, 0.15) is 16.5 Å². The Morgan fingerprint density at radius 3 is 2.71 bits per heavy atom. The van der Waals surface area contributed by atoms with Gasteiger partial charge in [-0.15, -0.1) is 11.3 Å². The first-order valence-electron chi connectivity index (χ1n) is 6.72. The minimum absolute atomic E-state index is 0.0293. The van der Waals surface area contributed by atoms with Crippen molar-refractivity contribution in [3.05, 3.63) is 64.8 Å². The Bertz CT molecular complexity index is 768. The lowest BCUT2D eigenvalue weighted by molar-refractivity contribution is 0.405. The van der Waals surface area contributed by atoms with E-state index in [1.807, 2.05) is 37.4 Å². The van der Waals surface area contributed by atoms with Crippen molar-refractivity contribution in [2.45, 2.75) is 6.04 Å². The van der Waals surface area contributed by atoms with Gasteiger partial charge in [0.1, 0.15) is 11.6 Å². The largest absolute Gasteiger partial charge is 0.496 e. The summed E-state index contributed by atoms with van der Waals surface area (Å²) in [6, 6.07) is 15.0. The summed E-state index contributed by atoms with van der Waals surface area (Å²) >= 11 is 1.60. The number of thiophene rings is 1. The summed E-state index contributed by atoms with van der Waals surface area (Å²) in [5.41, 5.74) is 1.08. The van der Waals surface area contributed by atoms with E-state index in [9.17, 15) is 4.39 Å². The summed E-state index contributed by atoms with van der Waals surface area (Å²) < 4.78 is 19.7. The van der Waals surface area contributed by atoms with E-state index in [1.54, 1.807) is 24.5 Å². The fourth-order valence-electron chi connectivity index (χ4n) is 2.52. The Labute approximate surface area is 127 Å². The van der Waals surface area contributed by atoms with Crippen LogP contribution in [0.5, 0.6) is 5.75 Å². The van der Waals surface area contributed by atoms with Crippen LogP contribution in [0.4, 0.5) is 4.39 Å². The van der Waals surface area contributed by atoms with Gasteiger partial charge in [-0.3, -0.25) is 0 Å². The van der Waals surface area contributed by atoms with E-state index >= 15 is 0 Å². The first kappa shape index (κ1) is 14.0. The lowest BCUT2D eigenvalue weighted by Gasteiger charge is -2.17. The standard InChI is InChI=1S/C17H16FNOS/c1-19-17(13-5-3-4-6-14(13)20-2)16-9-11-7-8-12(18)10-15(11)21-16/h3-10,17,19H,1-2H3. The summed E-state index contributed by atoms with van der Waals surface area (Å²) in [5.74, 6) is 0.648. The average molecular weight is 301 g/mol. The summed E-state index contributed by atoms with van der Waals surface area (Å²) in [4.78, 5) is 1.14. The summed E-state index contributed by atoms with van der Waals surface area (Å²) in [5, 5.41) is 4.38. The number of hydrogen-bond acceptors (Lipinski definition) is 3. The normalized spacial score (nSPS) is 12.5. The molecule has 1 unspecified atom stereocenters. The lowest BCUT2D eigenvalue weighted by Crippen LogP contribution is -2.17. The molecule has 0 radical (unpaired) electrons. The second kappa shape index (κ2) is 5.84. The Balaban J connectivity index is 2.09. The van der Waals surface area contributed by atoms with E-state index in [2.05, 4.69) is 11.4 Å². The fraction of sp³-hybridized carbons (Fsp3) is 0.176. The van der Waals surface area contributed by atoms with Crippen LogP contribution in [-0.4, -0.2) is 14.2 Å². The number of hydrogen-bond donors (Lipinski definition) is 1. The van der Waals surface area contributed by atoms with Gasteiger partial charge >= 0.3 is 0 Å². The molecule has 0 saturated carbocycles. The molecular formula is C17H16FNOS. The number of rotatable bonds is 4. The molecule has 1 atom stereocenters. The molecule has 1 aromatic heterocycles. The molecule has 1 N–H and O–H groups in total. The maximum atomic E-state index is 13.3. The van der Waals surface area contributed by atoms with Gasteiger partial charge in [-0.25, -0.2) is 4.39 Å². The van der Waals surface area contributed by atoms with Gasteiger partial charge in [-0.05, 0) is 36.7 Å². The maximum absolute atomic E-state index is 13.3. The van der Waals surface area contributed by atoms with E-state index in [0.717, 1.165) is 26.3 Å². The van der Waals surface area contributed by atoms with Crippen LogP contribution in [0.2, 0.25) is 0 Å². The zero-order valence-electron chi connectivity index (χ0n) is 11.9. The Morgan fingerprint density at radius 2 is 1.95 bits per heavy atom. The van der Waals surface area contributed by atoms with E-state index in [0.29, 0.717) is 0 Å². The second-order valence-corrected chi connectivity index (χ2v) is 5.91. The van der Waals surface area contributed by atoms with Crippen LogP contribution in [0.15, 0.2) is 48.5 Å². The highest BCUT2D eigenvalue weighted by Gasteiger charge is 2.18. The van der Waals surface area contributed by atoms with Crippen LogP contribution in [0.25, 0.3) is 10.1 Å².